The molecular formula is C29H30F2N2O2. The number of carboxylic acid groups (broad SMARTS) is 1. The van der Waals surface area contributed by atoms with Crippen molar-refractivity contribution in [2.75, 3.05) is 18.4 Å². The number of nitrogens with one attached hydrogen (secondary N) is 1. The Morgan fingerprint density at radius 2 is 1.60 bits per heavy atom. The highest BCUT2D eigenvalue weighted by atomic mass is 19.1. The van der Waals surface area contributed by atoms with Crippen LogP contribution in [0.1, 0.15) is 35.1 Å². The second-order valence-electron chi connectivity index (χ2n) is 9.97. The van der Waals surface area contributed by atoms with Gasteiger partial charge in [-0.15, -0.1) is 0 Å². The number of nitrogens with zero attached hydrogens (tertiary/aromatic N) is 1. The van der Waals surface area contributed by atoms with Crippen LogP contribution < -0.4 is 5.32 Å². The van der Waals surface area contributed by atoms with Gasteiger partial charge in [0.2, 0.25) is 0 Å². The minimum Gasteiger partial charge on any atom is -0.465 e. The van der Waals surface area contributed by atoms with Crippen LogP contribution in [0.15, 0.2) is 66.7 Å². The van der Waals surface area contributed by atoms with E-state index in [0.29, 0.717) is 29.0 Å². The summed E-state index contributed by atoms with van der Waals surface area (Å²) < 4.78 is 27.7. The van der Waals surface area contributed by atoms with Crippen molar-refractivity contribution in [1.82, 2.24) is 4.90 Å². The van der Waals surface area contributed by atoms with Crippen LogP contribution in [-0.4, -0.2) is 29.2 Å². The van der Waals surface area contributed by atoms with Gasteiger partial charge < -0.3 is 5.11 Å². The molecule has 1 aliphatic carbocycles. The van der Waals surface area contributed by atoms with Crippen LogP contribution in [0.4, 0.5) is 19.3 Å². The van der Waals surface area contributed by atoms with Crippen molar-refractivity contribution in [2.24, 2.45) is 17.8 Å². The highest BCUT2D eigenvalue weighted by molar-refractivity contribution is 5.84. The van der Waals surface area contributed by atoms with E-state index in [0.717, 1.165) is 43.2 Å². The second kappa shape index (κ2) is 10.2. The molecule has 3 aromatic rings. The van der Waals surface area contributed by atoms with E-state index in [-0.39, 0.29) is 6.42 Å². The largest absolute Gasteiger partial charge is 0.465 e. The van der Waals surface area contributed by atoms with Crippen molar-refractivity contribution in [3.63, 3.8) is 0 Å². The summed E-state index contributed by atoms with van der Waals surface area (Å²) in [5, 5.41) is 11.9. The molecule has 1 aliphatic heterocycles. The van der Waals surface area contributed by atoms with Gasteiger partial charge in [-0.2, -0.15) is 0 Å². The maximum atomic E-state index is 13.9. The molecule has 2 unspecified atom stereocenters. The van der Waals surface area contributed by atoms with Gasteiger partial charge in [0.25, 0.3) is 0 Å². The number of halogens is 2. The molecule has 2 bridgehead atoms. The van der Waals surface area contributed by atoms with Gasteiger partial charge in [-0.25, -0.2) is 13.6 Å². The average Bonchev–Trinajstić information content (AvgIpc) is 3.03. The third-order valence-corrected chi connectivity index (χ3v) is 7.63. The summed E-state index contributed by atoms with van der Waals surface area (Å²) in [6, 6.07) is 19.7. The summed E-state index contributed by atoms with van der Waals surface area (Å²) in [4.78, 5) is 14.0. The topological polar surface area (TPSA) is 52.6 Å². The van der Waals surface area contributed by atoms with E-state index in [2.05, 4.69) is 34.5 Å². The van der Waals surface area contributed by atoms with Gasteiger partial charge in [0.1, 0.15) is 11.6 Å². The van der Waals surface area contributed by atoms with E-state index in [1.54, 1.807) is 6.07 Å². The molecule has 1 saturated heterocycles. The van der Waals surface area contributed by atoms with Gasteiger partial charge in [-0.1, -0.05) is 42.5 Å². The van der Waals surface area contributed by atoms with Crippen LogP contribution in [0.2, 0.25) is 0 Å². The molecule has 0 radical (unpaired) electrons. The van der Waals surface area contributed by atoms with Gasteiger partial charge in [-0.3, -0.25) is 10.2 Å². The molecule has 3 aromatic carbocycles. The van der Waals surface area contributed by atoms with Crippen LogP contribution in [0.25, 0.3) is 0 Å². The molecule has 1 heterocycles. The average molecular weight is 477 g/mol. The van der Waals surface area contributed by atoms with Crippen molar-refractivity contribution >= 4 is 11.8 Å². The number of benzene rings is 3. The first-order valence-electron chi connectivity index (χ1n) is 12.3. The van der Waals surface area contributed by atoms with Crippen molar-refractivity contribution in [3.05, 3.63) is 101 Å². The molecule has 2 atom stereocenters. The predicted octanol–water partition coefficient (Wildman–Crippen LogP) is 6.35. The van der Waals surface area contributed by atoms with E-state index in [9.17, 15) is 18.7 Å². The zero-order valence-corrected chi connectivity index (χ0v) is 19.6. The molecule has 2 fully saturated rings. The molecule has 1 saturated carbocycles. The maximum Gasteiger partial charge on any atom is 0.409 e. The Kier molecular flexibility index (Phi) is 6.82. The van der Waals surface area contributed by atoms with Gasteiger partial charge >= 0.3 is 6.09 Å². The Bertz CT molecular complexity index is 1170. The number of hydrogen-bond acceptors (Lipinski definition) is 2. The third kappa shape index (κ3) is 5.54. The Morgan fingerprint density at radius 1 is 0.914 bits per heavy atom. The van der Waals surface area contributed by atoms with Gasteiger partial charge in [0.15, 0.2) is 0 Å². The molecule has 5 rings (SSSR count). The molecule has 2 N–H and O–H groups in total. The molecule has 2 aliphatic rings. The quantitative estimate of drug-likeness (QED) is 0.418. The first kappa shape index (κ1) is 23.5. The van der Waals surface area contributed by atoms with Crippen molar-refractivity contribution in [2.45, 2.75) is 32.2 Å². The minimum absolute atomic E-state index is 0.267. The first-order valence-corrected chi connectivity index (χ1v) is 12.3. The lowest BCUT2D eigenvalue weighted by Crippen LogP contribution is -2.42. The maximum absolute atomic E-state index is 13.9. The van der Waals surface area contributed by atoms with Crippen LogP contribution >= 0.6 is 0 Å². The fourth-order valence-corrected chi connectivity index (χ4v) is 6.17. The van der Waals surface area contributed by atoms with Gasteiger partial charge in [0, 0.05) is 31.4 Å². The fraction of sp³-hybridized carbons (Fsp3) is 0.345. The zero-order chi connectivity index (χ0) is 24.4. The number of hydrogen-bond donors (Lipinski definition) is 2. The van der Waals surface area contributed by atoms with Gasteiger partial charge in [-0.05, 0) is 83.9 Å². The summed E-state index contributed by atoms with van der Waals surface area (Å²) in [5.41, 5.74) is 4.16. The molecule has 182 valence electrons. The molecule has 6 heteroatoms. The number of rotatable bonds is 7. The summed E-state index contributed by atoms with van der Waals surface area (Å²) >= 11 is 0. The number of amides is 1. The van der Waals surface area contributed by atoms with Crippen LogP contribution in [0, 0.1) is 29.4 Å². The lowest BCUT2D eigenvalue weighted by atomic mass is 9.79. The SMILES string of the molecule is O=C(O)Nc1cccc(CC2C3CCC2CN(Cc2ccccc2)C3)c1Cc1cc(F)cc(F)c1. The number of anilines is 1. The van der Waals surface area contributed by atoms with Crippen LogP contribution in [-0.2, 0) is 19.4 Å². The van der Waals surface area contributed by atoms with Crippen molar-refractivity contribution < 1.29 is 18.7 Å². The summed E-state index contributed by atoms with van der Waals surface area (Å²) in [6.45, 7) is 3.09. The smallest absolute Gasteiger partial charge is 0.409 e. The highest BCUT2D eigenvalue weighted by Gasteiger charge is 2.41. The van der Waals surface area contributed by atoms with E-state index in [4.69, 9.17) is 0 Å². The molecule has 1 amide bonds. The Labute approximate surface area is 204 Å². The standard InChI is InChI=1S/C29H30F2N2O2/c30-24-11-20(12-25(31)15-24)13-27-21(7-4-8-28(27)32-29(34)35)14-26-22-9-10-23(26)18-33(17-22)16-19-5-2-1-3-6-19/h1-8,11-12,15,22-23,26,32H,9-10,13-14,16-18H2,(H,34,35). The Morgan fingerprint density at radius 3 is 2.26 bits per heavy atom. The summed E-state index contributed by atoms with van der Waals surface area (Å²) in [5.74, 6) is 0.439. The predicted molar refractivity (Wildman–Crippen MR) is 132 cm³/mol. The molecule has 4 nitrogen and oxygen atoms in total. The van der Waals surface area contributed by atoms with E-state index in [1.165, 1.54) is 30.5 Å². The normalized spacial score (nSPS) is 21.7. The summed E-state index contributed by atoms with van der Waals surface area (Å²) in [7, 11) is 0. The lowest BCUT2D eigenvalue weighted by molar-refractivity contribution is 0.103. The molecule has 0 spiro atoms. The van der Waals surface area contributed by atoms with Crippen molar-refractivity contribution in [1.29, 1.82) is 0 Å². The van der Waals surface area contributed by atoms with E-state index in [1.807, 2.05) is 18.2 Å². The van der Waals surface area contributed by atoms with E-state index < -0.39 is 17.7 Å². The van der Waals surface area contributed by atoms with Gasteiger partial charge in [0.05, 0.1) is 0 Å². The first-order chi connectivity index (χ1) is 16.9. The third-order valence-electron chi connectivity index (χ3n) is 7.63. The number of carbonyl (C=O) groups is 1. The number of piperidine rings is 1. The second-order valence-corrected chi connectivity index (χ2v) is 9.97. The van der Waals surface area contributed by atoms with Crippen LogP contribution in [0.3, 0.4) is 0 Å². The highest BCUT2D eigenvalue weighted by Crippen LogP contribution is 2.44. The Hall–Kier alpha value is -3.25. The van der Waals surface area contributed by atoms with Crippen molar-refractivity contribution in [3.8, 4) is 0 Å². The molecule has 0 aromatic heterocycles. The monoisotopic (exact) mass is 476 g/mol. The fourth-order valence-electron chi connectivity index (χ4n) is 6.17. The number of likely N-dealkylation sites (tertiary alicyclic amines) is 1. The molecule has 35 heavy (non-hydrogen) atoms. The number of fused-ring (bicyclic) bond motifs is 2. The summed E-state index contributed by atoms with van der Waals surface area (Å²) in [6.07, 6.45) is 2.37. The zero-order valence-electron chi connectivity index (χ0n) is 19.6. The molecular weight excluding hydrogens is 446 g/mol. The lowest BCUT2D eigenvalue weighted by Gasteiger charge is -2.38. The Balaban J connectivity index is 1.37. The van der Waals surface area contributed by atoms with Crippen LogP contribution in [0.5, 0.6) is 0 Å². The van der Waals surface area contributed by atoms with E-state index >= 15 is 0 Å². The minimum atomic E-state index is -1.15.